The Bertz CT molecular complexity index is 330. The molecule has 0 saturated heterocycles. The van der Waals surface area contributed by atoms with E-state index in [2.05, 4.69) is 37.4 Å². The van der Waals surface area contributed by atoms with Crippen molar-refractivity contribution >= 4 is 0 Å². The summed E-state index contributed by atoms with van der Waals surface area (Å²) in [5, 5.41) is 13.0. The highest BCUT2D eigenvalue weighted by molar-refractivity contribution is 5.33. The zero-order chi connectivity index (χ0) is 12.8. The van der Waals surface area contributed by atoms with E-state index in [1.165, 1.54) is 16.7 Å². The molecule has 3 nitrogen and oxygen atoms in total. The van der Waals surface area contributed by atoms with Crippen LogP contribution >= 0.6 is 0 Å². The second-order valence-corrected chi connectivity index (χ2v) is 4.92. The van der Waals surface area contributed by atoms with E-state index in [-0.39, 0.29) is 6.10 Å². The van der Waals surface area contributed by atoms with Crippen LogP contribution in [0, 0.1) is 13.8 Å². The minimum absolute atomic E-state index is 0.311. The van der Waals surface area contributed by atoms with Gasteiger partial charge in [-0.15, -0.1) is 0 Å². The van der Waals surface area contributed by atoms with E-state index in [0.717, 1.165) is 6.54 Å². The van der Waals surface area contributed by atoms with E-state index in [9.17, 15) is 5.11 Å². The maximum Gasteiger partial charge on any atom is 0.0791 e. The van der Waals surface area contributed by atoms with Crippen molar-refractivity contribution < 1.29 is 5.11 Å². The molecule has 96 valence electrons. The molecule has 0 saturated carbocycles. The summed E-state index contributed by atoms with van der Waals surface area (Å²) in [6.07, 6.45) is -0.311. The molecule has 1 atom stereocenters. The quantitative estimate of drug-likeness (QED) is 0.782. The highest BCUT2D eigenvalue weighted by Crippen LogP contribution is 2.12. The summed E-state index contributed by atoms with van der Waals surface area (Å²) >= 11 is 0. The molecule has 0 radical (unpaired) electrons. The van der Waals surface area contributed by atoms with Gasteiger partial charge in [0, 0.05) is 19.6 Å². The van der Waals surface area contributed by atoms with Crippen LogP contribution in [-0.2, 0) is 6.54 Å². The number of aliphatic hydroxyl groups is 1. The van der Waals surface area contributed by atoms with E-state index in [4.69, 9.17) is 0 Å². The molecular weight excluding hydrogens is 212 g/mol. The average molecular weight is 236 g/mol. The first-order chi connectivity index (χ1) is 8.00. The molecule has 1 unspecified atom stereocenters. The molecule has 0 bridgehead atoms. The first-order valence-electron chi connectivity index (χ1n) is 6.09. The van der Waals surface area contributed by atoms with Crippen molar-refractivity contribution in [3.8, 4) is 0 Å². The lowest BCUT2D eigenvalue weighted by Crippen LogP contribution is -2.34. The number of nitrogens with one attached hydrogen (secondary N) is 1. The van der Waals surface area contributed by atoms with Crippen LogP contribution in [0.15, 0.2) is 18.2 Å². The van der Waals surface area contributed by atoms with Crippen LogP contribution in [0.25, 0.3) is 0 Å². The van der Waals surface area contributed by atoms with Gasteiger partial charge in [-0.25, -0.2) is 0 Å². The largest absolute Gasteiger partial charge is 0.390 e. The Morgan fingerprint density at radius 2 is 1.82 bits per heavy atom. The molecule has 2 N–H and O–H groups in total. The van der Waals surface area contributed by atoms with Crippen molar-refractivity contribution in [1.82, 2.24) is 10.2 Å². The van der Waals surface area contributed by atoms with Gasteiger partial charge in [-0.1, -0.05) is 18.2 Å². The van der Waals surface area contributed by atoms with Crippen LogP contribution < -0.4 is 5.32 Å². The fourth-order valence-electron chi connectivity index (χ4n) is 1.98. The van der Waals surface area contributed by atoms with E-state index in [1.807, 2.05) is 19.0 Å². The summed E-state index contributed by atoms with van der Waals surface area (Å²) in [4.78, 5) is 1.99. The number of hydrogen-bond acceptors (Lipinski definition) is 3. The standard InChI is InChI=1S/C14H24N2O/c1-11-6-5-7-12(2)14(11)9-15-8-13(17)10-16(3)4/h5-7,13,15,17H,8-10H2,1-4H3. The Morgan fingerprint density at radius 3 is 2.35 bits per heavy atom. The van der Waals surface area contributed by atoms with Crippen LogP contribution in [0.3, 0.4) is 0 Å². The maximum absolute atomic E-state index is 9.73. The van der Waals surface area contributed by atoms with E-state index < -0.39 is 0 Å². The van der Waals surface area contributed by atoms with Crippen LogP contribution in [0.5, 0.6) is 0 Å². The average Bonchev–Trinajstić information content (AvgIpc) is 2.21. The van der Waals surface area contributed by atoms with Crippen molar-refractivity contribution in [2.24, 2.45) is 0 Å². The fraction of sp³-hybridized carbons (Fsp3) is 0.571. The van der Waals surface area contributed by atoms with Gasteiger partial charge < -0.3 is 15.3 Å². The van der Waals surface area contributed by atoms with Gasteiger partial charge in [0.15, 0.2) is 0 Å². The zero-order valence-electron chi connectivity index (χ0n) is 11.3. The third kappa shape index (κ3) is 4.86. The van der Waals surface area contributed by atoms with Crippen molar-refractivity contribution in [3.63, 3.8) is 0 Å². The van der Waals surface area contributed by atoms with E-state index in [1.54, 1.807) is 0 Å². The predicted octanol–water partition coefficient (Wildman–Crippen LogP) is 1.32. The topological polar surface area (TPSA) is 35.5 Å². The normalized spacial score (nSPS) is 13.1. The van der Waals surface area contributed by atoms with Crippen molar-refractivity contribution in [2.75, 3.05) is 27.2 Å². The second-order valence-electron chi connectivity index (χ2n) is 4.92. The summed E-state index contributed by atoms with van der Waals surface area (Å²) in [5.74, 6) is 0. The molecule has 1 aromatic rings. The minimum Gasteiger partial charge on any atom is -0.390 e. The van der Waals surface area contributed by atoms with Gasteiger partial charge in [-0.2, -0.15) is 0 Å². The van der Waals surface area contributed by atoms with Gasteiger partial charge in [-0.3, -0.25) is 0 Å². The molecule has 0 spiro atoms. The molecule has 1 rings (SSSR count). The summed E-state index contributed by atoms with van der Waals surface area (Å²) in [7, 11) is 3.93. The lowest BCUT2D eigenvalue weighted by molar-refractivity contribution is 0.134. The third-order valence-electron chi connectivity index (χ3n) is 2.90. The Kier molecular flexibility index (Phi) is 5.62. The highest BCUT2D eigenvalue weighted by Gasteiger charge is 2.06. The molecule has 17 heavy (non-hydrogen) atoms. The molecule has 0 aliphatic heterocycles. The molecule has 0 fully saturated rings. The van der Waals surface area contributed by atoms with Gasteiger partial charge in [0.25, 0.3) is 0 Å². The van der Waals surface area contributed by atoms with Gasteiger partial charge in [0.05, 0.1) is 6.10 Å². The minimum atomic E-state index is -0.311. The number of likely N-dealkylation sites (N-methyl/N-ethyl adjacent to an activating group) is 1. The maximum atomic E-state index is 9.73. The first-order valence-corrected chi connectivity index (χ1v) is 6.09. The number of rotatable bonds is 6. The first kappa shape index (κ1) is 14.2. The molecule has 0 heterocycles. The van der Waals surface area contributed by atoms with Gasteiger partial charge in [0.2, 0.25) is 0 Å². The van der Waals surface area contributed by atoms with E-state index >= 15 is 0 Å². The molecular formula is C14H24N2O. The smallest absolute Gasteiger partial charge is 0.0791 e. The van der Waals surface area contributed by atoms with Crippen LogP contribution in [0.1, 0.15) is 16.7 Å². The zero-order valence-corrected chi connectivity index (χ0v) is 11.3. The Labute approximate surface area is 104 Å². The Hall–Kier alpha value is -0.900. The van der Waals surface area contributed by atoms with Gasteiger partial charge in [-0.05, 0) is 44.6 Å². The molecule has 1 aromatic carbocycles. The third-order valence-corrected chi connectivity index (χ3v) is 2.90. The molecule has 0 aliphatic rings. The second kappa shape index (κ2) is 6.74. The van der Waals surface area contributed by atoms with Crippen molar-refractivity contribution in [1.29, 1.82) is 0 Å². The fourth-order valence-corrected chi connectivity index (χ4v) is 1.98. The summed E-state index contributed by atoms with van der Waals surface area (Å²) in [6.45, 7) is 6.40. The Balaban J connectivity index is 2.41. The molecule has 3 heteroatoms. The van der Waals surface area contributed by atoms with E-state index in [0.29, 0.717) is 13.1 Å². The monoisotopic (exact) mass is 236 g/mol. The number of aryl methyl sites for hydroxylation is 2. The van der Waals surface area contributed by atoms with Gasteiger partial charge >= 0.3 is 0 Å². The highest BCUT2D eigenvalue weighted by atomic mass is 16.3. The molecule has 0 aromatic heterocycles. The molecule has 0 aliphatic carbocycles. The summed E-state index contributed by atoms with van der Waals surface area (Å²) in [6, 6.07) is 6.33. The van der Waals surface area contributed by atoms with Gasteiger partial charge in [0.1, 0.15) is 0 Å². The Morgan fingerprint density at radius 1 is 1.24 bits per heavy atom. The summed E-state index contributed by atoms with van der Waals surface area (Å²) < 4.78 is 0. The summed E-state index contributed by atoms with van der Waals surface area (Å²) in [5.41, 5.74) is 3.95. The number of benzene rings is 1. The predicted molar refractivity (Wildman–Crippen MR) is 72.2 cm³/mol. The number of aliphatic hydroxyl groups excluding tert-OH is 1. The number of hydrogen-bond donors (Lipinski definition) is 2. The van der Waals surface area contributed by atoms with Crippen molar-refractivity contribution in [2.45, 2.75) is 26.5 Å². The van der Waals surface area contributed by atoms with Crippen LogP contribution in [-0.4, -0.2) is 43.3 Å². The van der Waals surface area contributed by atoms with Crippen molar-refractivity contribution in [3.05, 3.63) is 34.9 Å². The SMILES string of the molecule is Cc1cccc(C)c1CNCC(O)CN(C)C. The molecule has 0 amide bonds. The lowest BCUT2D eigenvalue weighted by atomic mass is 10.0. The van der Waals surface area contributed by atoms with Crippen LogP contribution in [0.2, 0.25) is 0 Å². The lowest BCUT2D eigenvalue weighted by Gasteiger charge is -2.17. The van der Waals surface area contributed by atoms with Crippen LogP contribution in [0.4, 0.5) is 0 Å². The number of nitrogens with zero attached hydrogens (tertiary/aromatic N) is 1.